The summed E-state index contributed by atoms with van der Waals surface area (Å²) in [5.41, 5.74) is 1.20. The maximum absolute atomic E-state index is 10.6. The Labute approximate surface area is 177 Å². The first-order valence-electron chi connectivity index (χ1n) is 11.7. The summed E-state index contributed by atoms with van der Waals surface area (Å²) in [4.78, 5) is 10.6. The lowest BCUT2D eigenvalue weighted by Gasteiger charge is -2.18. The molecule has 0 fully saturated rings. The second-order valence-corrected chi connectivity index (χ2v) is 8.20. The molecule has 0 radical (unpaired) electrons. The van der Waals surface area contributed by atoms with E-state index in [2.05, 4.69) is 19.1 Å². The Bertz CT molecular complexity index is 503. The fraction of sp³-hybridized carbons (Fsp3) is 0.720. The summed E-state index contributed by atoms with van der Waals surface area (Å²) < 4.78 is 6.19. The summed E-state index contributed by atoms with van der Waals surface area (Å²) in [6, 6.07) is 10.3. The molecule has 4 heteroatoms. The van der Waals surface area contributed by atoms with Crippen molar-refractivity contribution >= 4 is 5.97 Å². The zero-order valence-corrected chi connectivity index (χ0v) is 18.4. The molecule has 1 aromatic carbocycles. The fourth-order valence-electron chi connectivity index (χ4n) is 3.68. The maximum atomic E-state index is 10.6. The molecule has 0 aromatic heterocycles. The molecule has 2 atom stereocenters. The summed E-state index contributed by atoms with van der Waals surface area (Å²) in [6.45, 7) is 2.77. The molecule has 0 aliphatic rings. The molecule has 0 saturated carbocycles. The number of unbranched alkanes of at least 4 members (excludes halogenated alkanes) is 6. The second kappa shape index (κ2) is 17.5. The fourth-order valence-corrected chi connectivity index (χ4v) is 3.68. The van der Waals surface area contributed by atoms with Gasteiger partial charge in [-0.3, -0.25) is 4.79 Å². The van der Waals surface area contributed by atoms with E-state index in [-0.39, 0.29) is 18.6 Å². The van der Waals surface area contributed by atoms with Crippen molar-refractivity contribution in [1.82, 2.24) is 0 Å². The zero-order chi connectivity index (χ0) is 21.2. The topological polar surface area (TPSA) is 66.8 Å². The molecule has 29 heavy (non-hydrogen) atoms. The average Bonchev–Trinajstić information content (AvgIpc) is 2.71. The van der Waals surface area contributed by atoms with Crippen molar-refractivity contribution in [3.8, 4) is 0 Å². The summed E-state index contributed by atoms with van der Waals surface area (Å²) in [7, 11) is 0. The number of carbonyl (C=O) groups is 1. The third-order valence-electron chi connectivity index (χ3n) is 5.43. The highest BCUT2D eigenvalue weighted by Crippen LogP contribution is 2.18. The van der Waals surface area contributed by atoms with Crippen LogP contribution < -0.4 is 0 Å². The highest BCUT2D eigenvalue weighted by molar-refractivity contribution is 5.66. The second-order valence-electron chi connectivity index (χ2n) is 8.20. The van der Waals surface area contributed by atoms with E-state index >= 15 is 0 Å². The smallest absolute Gasteiger partial charge is 0.303 e. The Morgan fingerprint density at radius 3 is 2.07 bits per heavy atom. The van der Waals surface area contributed by atoms with E-state index in [4.69, 9.17) is 9.84 Å². The van der Waals surface area contributed by atoms with E-state index in [1.54, 1.807) is 0 Å². The number of benzene rings is 1. The molecule has 2 unspecified atom stereocenters. The van der Waals surface area contributed by atoms with Gasteiger partial charge in [0.25, 0.3) is 0 Å². The lowest BCUT2D eigenvalue weighted by Crippen LogP contribution is -2.13. The van der Waals surface area contributed by atoms with Crippen LogP contribution >= 0.6 is 0 Å². The maximum Gasteiger partial charge on any atom is 0.303 e. The Kier molecular flexibility index (Phi) is 15.4. The van der Waals surface area contributed by atoms with Crippen LogP contribution in [0.2, 0.25) is 0 Å². The predicted molar refractivity (Wildman–Crippen MR) is 119 cm³/mol. The Hall–Kier alpha value is -1.39. The summed E-state index contributed by atoms with van der Waals surface area (Å²) in [6.07, 6.45) is 14.1. The van der Waals surface area contributed by atoms with Gasteiger partial charge in [-0.1, -0.05) is 88.6 Å². The van der Waals surface area contributed by atoms with Crippen molar-refractivity contribution in [2.45, 2.75) is 116 Å². The number of aliphatic hydroxyl groups excluding tert-OH is 1. The Morgan fingerprint density at radius 1 is 0.862 bits per heavy atom. The minimum Gasteiger partial charge on any atom is -0.481 e. The number of ether oxygens (including phenoxy) is 1. The van der Waals surface area contributed by atoms with Crippen LogP contribution in [-0.2, 0) is 16.1 Å². The van der Waals surface area contributed by atoms with Gasteiger partial charge in [0, 0.05) is 6.42 Å². The number of rotatable bonds is 19. The van der Waals surface area contributed by atoms with Gasteiger partial charge in [0.05, 0.1) is 18.8 Å². The van der Waals surface area contributed by atoms with E-state index in [9.17, 15) is 9.90 Å². The molecule has 0 amide bonds. The Morgan fingerprint density at radius 2 is 1.45 bits per heavy atom. The zero-order valence-electron chi connectivity index (χ0n) is 18.4. The van der Waals surface area contributed by atoms with Crippen LogP contribution in [0.3, 0.4) is 0 Å². The Balaban J connectivity index is 2.21. The number of carboxylic acids is 1. The molecule has 4 nitrogen and oxygen atoms in total. The molecular formula is C25H42O4. The van der Waals surface area contributed by atoms with E-state index in [1.165, 1.54) is 31.2 Å². The molecule has 0 aliphatic carbocycles. The number of carboxylic acid groups (broad SMARTS) is 1. The van der Waals surface area contributed by atoms with Crippen LogP contribution in [-0.4, -0.2) is 28.4 Å². The summed E-state index contributed by atoms with van der Waals surface area (Å²) >= 11 is 0. The normalized spacial score (nSPS) is 13.3. The van der Waals surface area contributed by atoms with Crippen molar-refractivity contribution in [2.24, 2.45) is 0 Å². The average molecular weight is 407 g/mol. The van der Waals surface area contributed by atoms with Crippen LogP contribution in [0, 0.1) is 0 Å². The third-order valence-corrected chi connectivity index (χ3v) is 5.43. The minimum atomic E-state index is -0.705. The van der Waals surface area contributed by atoms with Crippen molar-refractivity contribution in [3.63, 3.8) is 0 Å². The van der Waals surface area contributed by atoms with Crippen molar-refractivity contribution in [2.75, 3.05) is 0 Å². The molecule has 0 saturated heterocycles. The molecule has 166 valence electrons. The standard InChI is InChI=1S/C25H42O4/c1-2-14-23(26)17-10-4-3-5-11-18-24(19-12-7-13-20-25(27)28)29-21-22-15-8-6-9-16-22/h6,8-9,15-16,23-24,26H,2-5,7,10-14,17-21H2,1H3,(H,27,28). The largest absolute Gasteiger partial charge is 0.481 e. The van der Waals surface area contributed by atoms with E-state index in [0.717, 1.165) is 57.8 Å². The first-order valence-corrected chi connectivity index (χ1v) is 11.7. The van der Waals surface area contributed by atoms with Gasteiger partial charge < -0.3 is 14.9 Å². The first-order chi connectivity index (χ1) is 14.1. The predicted octanol–water partition coefficient (Wildman–Crippen LogP) is 6.50. The van der Waals surface area contributed by atoms with Crippen LogP contribution in [0.1, 0.15) is 102 Å². The number of hydrogen-bond donors (Lipinski definition) is 2. The van der Waals surface area contributed by atoms with E-state index in [1.807, 2.05) is 18.2 Å². The monoisotopic (exact) mass is 406 g/mol. The van der Waals surface area contributed by atoms with E-state index < -0.39 is 5.97 Å². The molecule has 2 N–H and O–H groups in total. The van der Waals surface area contributed by atoms with Crippen molar-refractivity contribution < 1.29 is 19.7 Å². The minimum absolute atomic E-state index is 0.114. The van der Waals surface area contributed by atoms with Gasteiger partial charge in [-0.25, -0.2) is 0 Å². The van der Waals surface area contributed by atoms with Gasteiger partial charge in [-0.15, -0.1) is 0 Å². The highest BCUT2D eigenvalue weighted by atomic mass is 16.5. The van der Waals surface area contributed by atoms with Gasteiger partial charge in [-0.2, -0.15) is 0 Å². The van der Waals surface area contributed by atoms with Crippen molar-refractivity contribution in [1.29, 1.82) is 0 Å². The quantitative estimate of drug-likeness (QED) is 0.257. The van der Waals surface area contributed by atoms with Gasteiger partial charge in [0.1, 0.15) is 0 Å². The van der Waals surface area contributed by atoms with Crippen LogP contribution in [0.15, 0.2) is 30.3 Å². The van der Waals surface area contributed by atoms with Gasteiger partial charge in [-0.05, 0) is 37.7 Å². The molecule has 1 rings (SSSR count). The highest BCUT2D eigenvalue weighted by Gasteiger charge is 2.10. The molecule has 0 spiro atoms. The van der Waals surface area contributed by atoms with Crippen LogP contribution in [0.4, 0.5) is 0 Å². The molecule has 0 heterocycles. The summed E-state index contributed by atoms with van der Waals surface area (Å²) in [5, 5.41) is 18.5. The number of aliphatic hydroxyl groups is 1. The van der Waals surface area contributed by atoms with Gasteiger partial charge in [0.2, 0.25) is 0 Å². The lowest BCUT2D eigenvalue weighted by atomic mass is 10.0. The van der Waals surface area contributed by atoms with E-state index in [0.29, 0.717) is 6.61 Å². The molecule has 0 bridgehead atoms. The number of hydrogen-bond acceptors (Lipinski definition) is 3. The SMILES string of the molecule is CCCC(O)CCCCCCCC(CCCCCC(=O)O)OCc1ccccc1. The first kappa shape index (κ1) is 25.6. The number of aliphatic carboxylic acids is 1. The van der Waals surface area contributed by atoms with Gasteiger partial charge in [0.15, 0.2) is 0 Å². The van der Waals surface area contributed by atoms with Crippen LogP contribution in [0.25, 0.3) is 0 Å². The third kappa shape index (κ3) is 15.2. The van der Waals surface area contributed by atoms with Gasteiger partial charge >= 0.3 is 5.97 Å². The van der Waals surface area contributed by atoms with Crippen molar-refractivity contribution in [3.05, 3.63) is 35.9 Å². The molecule has 0 aliphatic heterocycles. The summed E-state index contributed by atoms with van der Waals surface area (Å²) in [5.74, 6) is -0.705. The lowest BCUT2D eigenvalue weighted by molar-refractivity contribution is -0.137. The molecular weight excluding hydrogens is 364 g/mol. The van der Waals surface area contributed by atoms with Crippen LogP contribution in [0.5, 0.6) is 0 Å². The molecule has 1 aromatic rings.